The van der Waals surface area contributed by atoms with Crippen LogP contribution in [0.5, 0.6) is 0 Å². The van der Waals surface area contributed by atoms with Gasteiger partial charge in [-0.3, -0.25) is 9.69 Å². The Balaban J connectivity index is 2.10. The predicted octanol–water partition coefficient (Wildman–Crippen LogP) is 1.51. The van der Waals surface area contributed by atoms with Gasteiger partial charge < -0.3 is 16.4 Å². The highest BCUT2D eigenvalue weighted by atomic mass is 19.1. The molecule has 0 saturated carbocycles. The van der Waals surface area contributed by atoms with Gasteiger partial charge in [-0.05, 0) is 26.8 Å². The third kappa shape index (κ3) is 3.09. The van der Waals surface area contributed by atoms with Gasteiger partial charge in [-0.2, -0.15) is 5.10 Å². The number of primary amides is 1. The van der Waals surface area contributed by atoms with Gasteiger partial charge in [0.15, 0.2) is 0 Å². The second-order valence-electron chi connectivity index (χ2n) is 6.64. The number of alkyl halides is 1. The van der Waals surface area contributed by atoms with Crippen molar-refractivity contribution in [1.82, 2.24) is 14.9 Å². The van der Waals surface area contributed by atoms with Crippen molar-refractivity contribution in [1.29, 1.82) is 0 Å². The third-order valence-corrected chi connectivity index (χ3v) is 4.45. The lowest BCUT2D eigenvalue weighted by atomic mass is 10.0. The lowest BCUT2D eigenvalue weighted by Gasteiger charge is -2.26. The maximum Gasteiger partial charge on any atom is 0.322 e. The maximum atomic E-state index is 14.2. The van der Waals surface area contributed by atoms with Crippen LogP contribution in [0.25, 0.3) is 5.52 Å². The van der Waals surface area contributed by atoms with Crippen LogP contribution >= 0.6 is 0 Å². The molecular formula is C16H21FN6O2. The predicted molar refractivity (Wildman–Crippen MR) is 92.7 cm³/mol. The van der Waals surface area contributed by atoms with E-state index in [0.29, 0.717) is 30.0 Å². The summed E-state index contributed by atoms with van der Waals surface area (Å²) in [5.41, 5.74) is 5.67. The minimum atomic E-state index is -1.51. The van der Waals surface area contributed by atoms with Crippen molar-refractivity contribution >= 4 is 28.8 Å². The molecule has 1 aliphatic heterocycles. The molecule has 0 spiro atoms. The maximum absolute atomic E-state index is 14.2. The van der Waals surface area contributed by atoms with Gasteiger partial charge in [0.1, 0.15) is 5.67 Å². The Bertz CT molecular complexity index is 841. The molecule has 0 bridgehead atoms. The first-order valence-electron chi connectivity index (χ1n) is 8.00. The summed E-state index contributed by atoms with van der Waals surface area (Å²) in [5.74, 6) is -0.664. The molecule has 0 unspecified atom stereocenters. The highest BCUT2D eigenvalue weighted by Gasteiger charge is 2.28. The smallest absolute Gasteiger partial charge is 0.322 e. The summed E-state index contributed by atoms with van der Waals surface area (Å²) in [6.07, 6.45) is 3.02. The van der Waals surface area contributed by atoms with Crippen molar-refractivity contribution in [3.8, 4) is 0 Å². The van der Waals surface area contributed by atoms with Gasteiger partial charge in [-0.1, -0.05) is 0 Å². The molecule has 4 N–H and O–H groups in total. The minimum Gasteiger partial charge on any atom is -0.377 e. The summed E-state index contributed by atoms with van der Waals surface area (Å²) in [6, 6.07) is 0.953. The number of aromatic nitrogens is 2. The van der Waals surface area contributed by atoms with E-state index in [0.717, 1.165) is 0 Å². The molecule has 1 aliphatic rings. The summed E-state index contributed by atoms with van der Waals surface area (Å²) in [6.45, 7) is 5.67. The molecule has 25 heavy (non-hydrogen) atoms. The molecule has 1 atom stereocenters. The normalized spacial score (nSPS) is 16.2. The summed E-state index contributed by atoms with van der Waals surface area (Å²) >= 11 is 0. The number of carbonyl (C=O) groups excluding carboxylic acids is 2. The monoisotopic (exact) mass is 348 g/mol. The van der Waals surface area contributed by atoms with E-state index in [1.54, 1.807) is 24.1 Å². The summed E-state index contributed by atoms with van der Waals surface area (Å²) < 4.78 is 15.8. The largest absolute Gasteiger partial charge is 0.377 e. The van der Waals surface area contributed by atoms with Crippen LogP contribution < -0.4 is 21.3 Å². The standard InChI is InChI=1S/C16H21FN6O2/c1-9(16(2,3)17)21-13-11(14(18)24)7-20-23-8-10(6-12(13)23)22-5-4-19-15(22)25/h6-9,21H,4-5H2,1-3H3,(H2,18,24)(H,19,25)/t9-/m1/s1. The number of nitrogens with zero attached hydrogens (tertiary/aromatic N) is 3. The highest BCUT2D eigenvalue weighted by molar-refractivity contribution is 6.03. The zero-order valence-corrected chi connectivity index (χ0v) is 14.3. The minimum absolute atomic E-state index is 0.166. The van der Waals surface area contributed by atoms with E-state index in [1.165, 1.54) is 24.6 Å². The van der Waals surface area contributed by atoms with Gasteiger partial charge in [0.05, 0.1) is 40.9 Å². The number of nitrogens with two attached hydrogens (primary N) is 1. The number of urea groups is 1. The number of rotatable bonds is 5. The third-order valence-electron chi connectivity index (χ3n) is 4.45. The van der Waals surface area contributed by atoms with Crippen LogP contribution in [0.4, 0.5) is 20.6 Å². The van der Waals surface area contributed by atoms with E-state index in [4.69, 9.17) is 5.73 Å². The van der Waals surface area contributed by atoms with Crippen LogP contribution in [-0.2, 0) is 0 Å². The number of hydrogen-bond acceptors (Lipinski definition) is 4. The molecule has 0 aliphatic carbocycles. The molecule has 0 radical (unpaired) electrons. The van der Waals surface area contributed by atoms with Crippen molar-refractivity contribution < 1.29 is 14.0 Å². The van der Waals surface area contributed by atoms with Crippen molar-refractivity contribution in [2.24, 2.45) is 5.73 Å². The quantitative estimate of drug-likeness (QED) is 0.762. The fraction of sp³-hybridized carbons (Fsp3) is 0.438. The molecule has 3 amide bonds. The molecule has 1 saturated heterocycles. The molecule has 3 rings (SSSR count). The summed E-state index contributed by atoms with van der Waals surface area (Å²) in [5, 5.41) is 9.93. The summed E-state index contributed by atoms with van der Waals surface area (Å²) in [4.78, 5) is 25.2. The Morgan fingerprint density at radius 3 is 2.80 bits per heavy atom. The van der Waals surface area contributed by atoms with Crippen LogP contribution in [0.2, 0.25) is 0 Å². The number of amides is 3. The number of anilines is 2. The molecule has 134 valence electrons. The van der Waals surface area contributed by atoms with Gasteiger partial charge in [-0.25, -0.2) is 13.7 Å². The molecule has 0 aromatic carbocycles. The van der Waals surface area contributed by atoms with Crippen LogP contribution in [0.1, 0.15) is 31.1 Å². The Morgan fingerprint density at radius 2 is 2.24 bits per heavy atom. The zero-order valence-electron chi connectivity index (χ0n) is 14.3. The van der Waals surface area contributed by atoms with E-state index in [1.807, 2.05) is 0 Å². The molecular weight excluding hydrogens is 327 g/mol. The Morgan fingerprint density at radius 1 is 1.52 bits per heavy atom. The molecule has 2 aromatic rings. The van der Waals surface area contributed by atoms with E-state index in [9.17, 15) is 14.0 Å². The Hall–Kier alpha value is -2.84. The number of hydrogen-bond donors (Lipinski definition) is 3. The van der Waals surface area contributed by atoms with Crippen LogP contribution in [0, 0.1) is 0 Å². The van der Waals surface area contributed by atoms with E-state index < -0.39 is 17.6 Å². The highest BCUT2D eigenvalue weighted by Crippen LogP contribution is 2.30. The van der Waals surface area contributed by atoms with Crippen LogP contribution in [0.3, 0.4) is 0 Å². The molecule has 3 heterocycles. The number of fused-ring (bicyclic) bond motifs is 1. The number of nitrogens with one attached hydrogen (secondary N) is 2. The summed E-state index contributed by atoms with van der Waals surface area (Å²) in [7, 11) is 0. The first kappa shape index (κ1) is 17.0. The fourth-order valence-electron chi connectivity index (χ4n) is 2.64. The van der Waals surface area contributed by atoms with Crippen molar-refractivity contribution in [2.45, 2.75) is 32.5 Å². The fourth-order valence-corrected chi connectivity index (χ4v) is 2.64. The number of carbonyl (C=O) groups is 2. The van der Waals surface area contributed by atoms with Crippen molar-refractivity contribution in [3.05, 3.63) is 24.0 Å². The first-order chi connectivity index (χ1) is 11.7. The zero-order chi connectivity index (χ0) is 18.4. The molecule has 2 aromatic heterocycles. The second-order valence-corrected chi connectivity index (χ2v) is 6.64. The van der Waals surface area contributed by atoms with Gasteiger partial charge in [0, 0.05) is 13.1 Å². The average Bonchev–Trinajstić information content (AvgIpc) is 3.11. The van der Waals surface area contributed by atoms with Crippen molar-refractivity contribution in [2.75, 3.05) is 23.3 Å². The van der Waals surface area contributed by atoms with Crippen LogP contribution in [0.15, 0.2) is 18.5 Å². The second kappa shape index (κ2) is 5.91. The van der Waals surface area contributed by atoms with E-state index in [2.05, 4.69) is 15.7 Å². The first-order valence-corrected chi connectivity index (χ1v) is 8.00. The average molecular weight is 348 g/mol. The van der Waals surface area contributed by atoms with Crippen molar-refractivity contribution in [3.63, 3.8) is 0 Å². The van der Waals surface area contributed by atoms with Gasteiger partial charge in [-0.15, -0.1) is 0 Å². The van der Waals surface area contributed by atoms with E-state index >= 15 is 0 Å². The molecule has 1 fully saturated rings. The SMILES string of the molecule is C[C@@H](Nc1c(C(N)=O)cnn2cc(N3CCNC3=O)cc12)C(C)(C)F. The Kier molecular flexibility index (Phi) is 4.02. The topological polar surface area (TPSA) is 105 Å². The van der Waals surface area contributed by atoms with Gasteiger partial charge in [0.25, 0.3) is 5.91 Å². The van der Waals surface area contributed by atoms with Crippen LogP contribution in [-0.4, -0.2) is 46.4 Å². The van der Waals surface area contributed by atoms with Gasteiger partial charge >= 0.3 is 6.03 Å². The lowest BCUT2D eigenvalue weighted by molar-refractivity contribution is 0.1000. The van der Waals surface area contributed by atoms with Gasteiger partial charge in [0.2, 0.25) is 0 Å². The molecule has 9 heteroatoms. The Labute approximate surface area is 144 Å². The number of halogens is 1. The van der Waals surface area contributed by atoms with E-state index in [-0.39, 0.29) is 11.6 Å². The lowest BCUT2D eigenvalue weighted by Crippen LogP contribution is -2.36. The molecule has 8 nitrogen and oxygen atoms in total.